The molecule has 0 fully saturated rings. The Hall–Kier alpha value is -6.20. The predicted octanol–water partition coefficient (Wildman–Crippen LogP) is 8.91. The number of rotatable bonds is 5. The minimum atomic E-state index is -0.662. The summed E-state index contributed by atoms with van der Waals surface area (Å²) in [5.41, 5.74) is 8.60. The van der Waals surface area contributed by atoms with Crippen LogP contribution in [0.1, 0.15) is 22.5 Å². The van der Waals surface area contributed by atoms with Crippen LogP contribution in [0.5, 0.6) is 0 Å². The monoisotopic (exact) mass is 589 g/mol. The molecular formula is C41H27N5. The van der Waals surface area contributed by atoms with Crippen molar-refractivity contribution in [3.05, 3.63) is 186 Å². The molecule has 0 saturated carbocycles. The molecule has 216 valence electrons. The molecule has 5 heteroatoms. The molecule has 0 saturated heterocycles. The summed E-state index contributed by atoms with van der Waals surface area (Å²) in [5.74, 6) is 2.83. The molecule has 0 amide bonds. The standard InChI is InChI=1S/C41H27N5/c1-5-16-28(17-6-1)37-43-38(29-18-7-2-8-19-29)45-39(44-37)32-24-15-25-33-36(32)46-35-27-14-13-26-34(35)42-40(46)41(33,30-20-9-3-10-21-30)31-22-11-4-12-23-31/h1-27H. The van der Waals surface area contributed by atoms with E-state index in [1.54, 1.807) is 0 Å². The molecule has 0 unspecified atom stereocenters. The van der Waals surface area contributed by atoms with Gasteiger partial charge in [0.1, 0.15) is 11.2 Å². The van der Waals surface area contributed by atoms with Crippen molar-refractivity contribution >= 4 is 11.0 Å². The molecule has 0 radical (unpaired) electrons. The van der Waals surface area contributed by atoms with Crippen molar-refractivity contribution in [2.45, 2.75) is 5.41 Å². The summed E-state index contributed by atoms with van der Waals surface area (Å²) < 4.78 is 2.33. The average molecular weight is 590 g/mol. The number of hydrogen-bond acceptors (Lipinski definition) is 4. The van der Waals surface area contributed by atoms with Crippen LogP contribution in [-0.4, -0.2) is 24.5 Å². The molecular weight excluding hydrogens is 562 g/mol. The van der Waals surface area contributed by atoms with Crippen molar-refractivity contribution < 1.29 is 0 Å². The molecule has 3 heterocycles. The number of imidazole rings is 1. The lowest BCUT2D eigenvalue weighted by atomic mass is 9.69. The van der Waals surface area contributed by atoms with Gasteiger partial charge in [0.15, 0.2) is 17.5 Å². The highest BCUT2D eigenvalue weighted by molar-refractivity contribution is 5.88. The van der Waals surface area contributed by atoms with Crippen molar-refractivity contribution in [1.29, 1.82) is 0 Å². The number of benzene rings is 6. The van der Waals surface area contributed by atoms with E-state index in [-0.39, 0.29) is 0 Å². The van der Waals surface area contributed by atoms with Crippen LogP contribution in [0.25, 0.3) is 50.9 Å². The minimum absolute atomic E-state index is 0.616. The smallest absolute Gasteiger partial charge is 0.166 e. The van der Waals surface area contributed by atoms with Gasteiger partial charge in [0.05, 0.1) is 16.7 Å². The van der Waals surface area contributed by atoms with Crippen LogP contribution in [-0.2, 0) is 5.41 Å². The SMILES string of the molecule is c1ccc(-c2nc(-c3ccccc3)nc(-c3cccc4c3-n3c(nc5ccccc53)C4(c3ccccc3)c3ccccc3)n2)cc1. The highest BCUT2D eigenvalue weighted by Gasteiger charge is 2.50. The lowest BCUT2D eigenvalue weighted by molar-refractivity contribution is 0.718. The van der Waals surface area contributed by atoms with Crippen molar-refractivity contribution in [2.75, 3.05) is 0 Å². The third-order valence-electron chi connectivity index (χ3n) is 8.91. The molecule has 0 aliphatic carbocycles. The van der Waals surface area contributed by atoms with Crippen LogP contribution >= 0.6 is 0 Å². The fraction of sp³-hybridized carbons (Fsp3) is 0.0244. The van der Waals surface area contributed by atoms with E-state index in [0.29, 0.717) is 17.5 Å². The zero-order chi connectivity index (χ0) is 30.5. The topological polar surface area (TPSA) is 56.5 Å². The molecule has 0 atom stereocenters. The Morgan fingerprint density at radius 2 is 0.913 bits per heavy atom. The molecule has 1 aliphatic rings. The van der Waals surface area contributed by atoms with Crippen LogP contribution in [0.4, 0.5) is 0 Å². The van der Waals surface area contributed by atoms with Gasteiger partial charge >= 0.3 is 0 Å². The quantitative estimate of drug-likeness (QED) is 0.201. The molecule has 0 bridgehead atoms. The summed E-state index contributed by atoms with van der Waals surface area (Å²) in [6.45, 7) is 0. The summed E-state index contributed by atoms with van der Waals surface area (Å²) in [5, 5.41) is 0. The zero-order valence-corrected chi connectivity index (χ0v) is 24.8. The predicted molar refractivity (Wildman–Crippen MR) is 183 cm³/mol. The maximum atomic E-state index is 5.39. The maximum absolute atomic E-state index is 5.39. The van der Waals surface area contributed by atoms with E-state index in [1.165, 1.54) is 0 Å². The maximum Gasteiger partial charge on any atom is 0.166 e. The summed E-state index contributed by atoms with van der Waals surface area (Å²) in [4.78, 5) is 20.7. The average Bonchev–Trinajstić information content (AvgIpc) is 3.66. The van der Waals surface area contributed by atoms with Gasteiger partial charge in [-0.3, -0.25) is 4.57 Å². The second-order valence-corrected chi connectivity index (χ2v) is 11.5. The molecule has 2 aromatic heterocycles. The van der Waals surface area contributed by atoms with Gasteiger partial charge in [-0.25, -0.2) is 19.9 Å². The second kappa shape index (κ2) is 10.5. The zero-order valence-electron chi connectivity index (χ0n) is 24.8. The van der Waals surface area contributed by atoms with E-state index >= 15 is 0 Å². The normalized spacial score (nSPS) is 13.0. The fourth-order valence-corrected chi connectivity index (χ4v) is 6.93. The lowest BCUT2D eigenvalue weighted by Crippen LogP contribution is -2.29. The summed E-state index contributed by atoms with van der Waals surface area (Å²) in [6.07, 6.45) is 0. The van der Waals surface area contributed by atoms with E-state index in [0.717, 1.165) is 55.9 Å². The summed E-state index contributed by atoms with van der Waals surface area (Å²) >= 11 is 0. The Bertz CT molecular complexity index is 2250. The molecule has 6 aromatic carbocycles. The Kier molecular flexibility index (Phi) is 5.96. The summed E-state index contributed by atoms with van der Waals surface area (Å²) in [7, 11) is 0. The number of para-hydroxylation sites is 3. The second-order valence-electron chi connectivity index (χ2n) is 11.5. The van der Waals surface area contributed by atoms with E-state index < -0.39 is 5.41 Å². The Morgan fingerprint density at radius 1 is 0.413 bits per heavy atom. The Labute approximate surface area is 266 Å². The van der Waals surface area contributed by atoms with E-state index in [1.807, 2.05) is 60.7 Å². The molecule has 46 heavy (non-hydrogen) atoms. The van der Waals surface area contributed by atoms with Gasteiger partial charge in [-0.05, 0) is 34.9 Å². The Morgan fingerprint density at radius 3 is 1.50 bits per heavy atom. The first kappa shape index (κ1) is 26.2. The van der Waals surface area contributed by atoms with E-state index in [9.17, 15) is 0 Å². The molecule has 5 nitrogen and oxygen atoms in total. The summed E-state index contributed by atoms with van der Waals surface area (Å²) in [6, 6.07) is 56.5. The molecule has 0 spiro atoms. The number of nitrogens with zero attached hydrogens (tertiary/aromatic N) is 5. The van der Waals surface area contributed by atoms with Gasteiger partial charge in [-0.1, -0.05) is 146 Å². The van der Waals surface area contributed by atoms with E-state index in [2.05, 4.69) is 108 Å². The van der Waals surface area contributed by atoms with Crippen LogP contribution in [0, 0.1) is 0 Å². The molecule has 8 aromatic rings. The highest BCUT2D eigenvalue weighted by atomic mass is 15.1. The van der Waals surface area contributed by atoms with Crippen molar-refractivity contribution in [3.8, 4) is 39.9 Å². The first-order valence-electron chi connectivity index (χ1n) is 15.4. The van der Waals surface area contributed by atoms with E-state index in [4.69, 9.17) is 19.9 Å². The fourth-order valence-electron chi connectivity index (χ4n) is 6.93. The third-order valence-corrected chi connectivity index (χ3v) is 8.91. The first-order valence-corrected chi connectivity index (χ1v) is 15.4. The van der Waals surface area contributed by atoms with Gasteiger partial charge in [0.25, 0.3) is 0 Å². The molecule has 1 aliphatic heterocycles. The van der Waals surface area contributed by atoms with Crippen molar-refractivity contribution in [2.24, 2.45) is 0 Å². The highest BCUT2D eigenvalue weighted by Crippen LogP contribution is 2.54. The van der Waals surface area contributed by atoms with Gasteiger partial charge < -0.3 is 0 Å². The Balaban J connectivity index is 1.41. The largest absolute Gasteiger partial charge is 0.294 e. The van der Waals surface area contributed by atoms with Crippen LogP contribution in [0.3, 0.4) is 0 Å². The number of hydrogen-bond donors (Lipinski definition) is 0. The van der Waals surface area contributed by atoms with Gasteiger partial charge in [0.2, 0.25) is 0 Å². The van der Waals surface area contributed by atoms with Crippen molar-refractivity contribution in [1.82, 2.24) is 24.5 Å². The number of aromatic nitrogens is 5. The minimum Gasteiger partial charge on any atom is -0.294 e. The third kappa shape index (κ3) is 3.88. The van der Waals surface area contributed by atoms with Crippen LogP contribution in [0.15, 0.2) is 164 Å². The van der Waals surface area contributed by atoms with Gasteiger partial charge in [-0.2, -0.15) is 0 Å². The van der Waals surface area contributed by atoms with Crippen LogP contribution in [0.2, 0.25) is 0 Å². The van der Waals surface area contributed by atoms with Crippen LogP contribution < -0.4 is 0 Å². The lowest BCUT2D eigenvalue weighted by Gasteiger charge is -2.31. The van der Waals surface area contributed by atoms with Crippen molar-refractivity contribution in [3.63, 3.8) is 0 Å². The first-order chi connectivity index (χ1) is 22.8. The molecule has 0 N–H and O–H groups in total. The van der Waals surface area contributed by atoms with Gasteiger partial charge in [0, 0.05) is 16.7 Å². The van der Waals surface area contributed by atoms with Gasteiger partial charge in [-0.15, -0.1) is 0 Å². The molecule has 9 rings (SSSR count). The number of fused-ring (bicyclic) bond motifs is 5.